The highest BCUT2D eigenvalue weighted by Gasteiger charge is 2.24. The van der Waals surface area contributed by atoms with Crippen molar-refractivity contribution in [2.45, 2.75) is 39.3 Å². The molecule has 0 heterocycles. The second-order valence-corrected chi connectivity index (χ2v) is 2.92. The van der Waals surface area contributed by atoms with Gasteiger partial charge in [-0.05, 0) is 27.7 Å². The van der Waals surface area contributed by atoms with Crippen LogP contribution >= 0.6 is 0 Å². The highest BCUT2D eigenvalue weighted by atomic mass is 16.5. The van der Waals surface area contributed by atoms with Gasteiger partial charge in [0.25, 0.3) is 0 Å². The van der Waals surface area contributed by atoms with Crippen molar-refractivity contribution in [3.63, 3.8) is 0 Å². The van der Waals surface area contributed by atoms with Crippen LogP contribution in [0.4, 0.5) is 0 Å². The number of hydrogen-bond acceptors (Lipinski definition) is 3. The maximum absolute atomic E-state index is 5.44. The summed E-state index contributed by atoms with van der Waals surface area (Å²) in [5.41, 5.74) is 2.49. The van der Waals surface area contributed by atoms with Crippen molar-refractivity contribution in [3.8, 4) is 0 Å². The van der Waals surface area contributed by atoms with E-state index in [1.54, 1.807) is 0 Å². The molecule has 0 aromatic rings. The van der Waals surface area contributed by atoms with E-state index in [9.17, 15) is 0 Å². The molecular formula is C7H18N2O. The number of ether oxygens (including phenoxy) is 1. The summed E-state index contributed by atoms with van der Waals surface area (Å²) >= 11 is 0. The molecule has 1 atom stereocenters. The second-order valence-electron chi connectivity index (χ2n) is 2.92. The normalized spacial score (nSPS) is 15.3. The van der Waals surface area contributed by atoms with Crippen molar-refractivity contribution in [1.29, 1.82) is 0 Å². The van der Waals surface area contributed by atoms with Crippen molar-refractivity contribution < 1.29 is 4.74 Å². The lowest BCUT2D eigenvalue weighted by Gasteiger charge is -2.30. The topological polar surface area (TPSA) is 47.3 Å². The quantitative estimate of drug-likeness (QED) is 0.452. The SMILES string of the molecule is CCOC(C)(C)C(C)NN. The van der Waals surface area contributed by atoms with Crippen LogP contribution in [-0.2, 0) is 4.74 Å². The van der Waals surface area contributed by atoms with Crippen LogP contribution in [-0.4, -0.2) is 18.2 Å². The first kappa shape index (κ1) is 9.88. The van der Waals surface area contributed by atoms with Gasteiger partial charge in [0.05, 0.1) is 5.60 Å². The van der Waals surface area contributed by atoms with E-state index in [2.05, 4.69) is 5.43 Å². The van der Waals surface area contributed by atoms with E-state index in [1.165, 1.54) is 0 Å². The molecule has 0 aliphatic carbocycles. The fourth-order valence-corrected chi connectivity index (χ4v) is 0.698. The predicted molar refractivity (Wildman–Crippen MR) is 42.5 cm³/mol. The van der Waals surface area contributed by atoms with Crippen LogP contribution < -0.4 is 11.3 Å². The van der Waals surface area contributed by atoms with Crippen molar-refractivity contribution in [3.05, 3.63) is 0 Å². The van der Waals surface area contributed by atoms with E-state index < -0.39 is 0 Å². The Balaban J connectivity index is 3.82. The minimum atomic E-state index is -0.177. The number of hydrazine groups is 1. The van der Waals surface area contributed by atoms with Gasteiger partial charge in [-0.2, -0.15) is 0 Å². The third-order valence-electron chi connectivity index (χ3n) is 1.81. The average molecular weight is 146 g/mol. The summed E-state index contributed by atoms with van der Waals surface area (Å²) in [6.07, 6.45) is 0. The summed E-state index contributed by atoms with van der Waals surface area (Å²) in [6.45, 7) is 8.72. The first-order valence-electron chi connectivity index (χ1n) is 3.64. The molecule has 0 spiro atoms. The standard InChI is InChI=1S/C7H18N2O/c1-5-10-7(3,4)6(2)9-8/h6,9H,5,8H2,1-4H3. The van der Waals surface area contributed by atoms with Gasteiger partial charge in [0.1, 0.15) is 0 Å². The molecule has 0 amide bonds. The lowest BCUT2D eigenvalue weighted by atomic mass is 10.0. The van der Waals surface area contributed by atoms with Crippen molar-refractivity contribution in [2.75, 3.05) is 6.61 Å². The third-order valence-corrected chi connectivity index (χ3v) is 1.81. The van der Waals surface area contributed by atoms with Crippen LogP contribution in [0.5, 0.6) is 0 Å². The molecule has 0 rings (SSSR count). The molecule has 0 saturated heterocycles. The lowest BCUT2D eigenvalue weighted by Crippen LogP contribution is -2.49. The Morgan fingerprint density at radius 2 is 2.10 bits per heavy atom. The van der Waals surface area contributed by atoms with E-state index in [4.69, 9.17) is 10.6 Å². The molecule has 3 nitrogen and oxygen atoms in total. The van der Waals surface area contributed by atoms with Gasteiger partial charge < -0.3 is 4.74 Å². The number of nitrogens with one attached hydrogen (secondary N) is 1. The molecule has 0 aliphatic rings. The Labute approximate surface area is 62.9 Å². The Bertz CT molecular complexity index is 93.6. The smallest absolute Gasteiger partial charge is 0.0789 e. The highest BCUT2D eigenvalue weighted by molar-refractivity contribution is 4.79. The maximum Gasteiger partial charge on any atom is 0.0789 e. The fraction of sp³-hybridized carbons (Fsp3) is 1.00. The summed E-state index contributed by atoms with van der Waals surface area (Å²) in [7, 11) is 0. The van der Waals surface area contributed by atoms with Gasteiger partial charge in [-0.25, -0.2) is 0 Å². The predicted octanol–water partition coefficient (Wildman–Crippen LogP) is 0.653. The van der Waals surface area contributed by atoms with Gasteiger partial charge in [0, 0.05) is 12.6 Å². The molecule has 0 aliphatic heterocycles. The van der Waals surface area contributed by atoms with Crippen LogP contribution in [0, 0.1) is 0 Å². The van der Waals surface area contributed by atoms with Crippen LogP contribution in [0.1, 0.15) is 27.7 Å². The number of hydrogen-bond donors (Lipinski definition) is 2. The summed E-state index contributed by atoms with van der Waals surface area (Å²) in [4.78, 5) is 0. The Kier molecular flexibility index (Phi) is 3.86. The first-order chi connectivity index (χ1) is 4.54. The molecule has 3 N–H and O–H groups in total. The van der Waals surface area contributed by atoms with Crippen LogP contribution in [0.15, 0.2) is 0 Å². The second kappa shape index (κ2) is 3.91. The Hall–Kier alpha value is -0.120. The van der Waals surface area contributed by atoms with E-state index >= 15 is 0 Å². The maximum atomic E-state index is 5.44. The van der Waals surface area contributed by atoms with Crippen LogP contribution in [0.3, 0.4) is 0 Å². The number of nitrogens with two attached hydrogens (primary N) is 1. The molecule has 0 aromatic heterocycles. The zero-order valence-electron chi connectivity index (χ0n) is 7.27. The highest BCUT2D eigenvalue weighted by Crippen LogP contribution is 2.12. The van der Waals surface area contributed by atoms with Gasteiger partial charge in [0.2, 0.25) is 0 Å². The Morgan fingerprint density at radius 1 is 1.60 bits per heavy atom. The minimum Gasteiger partial charge on any atom is -0.374 e. The summed E-state index contributed by atoms with van der Waals surface area (Å²) < 4.78 is 5.44. The van der Waals surface area contributed by atoms with Crippen LogP contribution in [0.25, 0.3) is 0 Å². The summed E-state index contributed by atoms with van der Waals surface area (Å²) in [5, 5.41) is 0. The van der Waals surface area contributed by atoms with Crippen LogP contribution in [0.2, 0.25) is 0 Å². The van der Waals surface area contributed by atoms with Gasteiger partial charge in [0.15, 0.2) is 0 Å². The molecule has 1 unspecified atom stereocenters. The zero-order valence-corrected chi connectivity index (χ0v) is 7.27. The minimum absolute atomic E-state index is 0.174. The van der Waals surface area contributed by atoms with Gasteiger partial charge in [-0.15, -0.1) is 0 Å². The fourth-order valence-electron chi connectivity index (χ4n) is 0.698. The lowest BCUT2D eigenvalue weighted by molar-refractivity contribution is -0.0336. The zero-order chi connectivity index (χ0) is 8.20. The van der Waals surface area contributed by atoms with Crippen molar-refractivity contribution in [2.24, 2.45) is 5.84 Å². The van der Waals surface area contributed by atoms with Crippen molar-refractivity contribution >= 4 is 0 Å². The molecule has 0 saturated carbocycles. The molecule has 62 valence electrons. The monoisotopic (exact) mass is 146 g/mol. The third kappa shape index (κ3) is 2.64. The van der Waals surface area contributed by atoms with Gasteiger partial charge in [-0.3, -0.25) is 11.3 Å². The molecule has 10 heavy (non-hydrogen) atoms. The average Bonchev–Trinajstić information content (AvgIpc) is 1.86. The van der Waals surface area contributed by atoms with E-state index in [0.717, 1.165) is 6.61 Å². The first-order valence-corrected chi connectivity index (χ1v) is 3.64. The molecule has 0 aromatic carbocycles. The largest absolute Gasteiger partial charge is 0.374 e. The van der Waals surface area contributed by atoms with E-state index in [0.29, 0.717) is 0 Å². The number of rotatable bonds is 4. The molecule has 0 fully saturated rings. The van der Waals surface area contributed by atoms with E-state index in [1.807, 2.05) is 27.7 Å². The molecule has 3 heteroatoms. The van der Waals surface area contributed by atoms with Gasteiger partial charge in [-0.1, -0.05) is 0 Å². The summed E-state index contributed by atoms with van der Waals surface area (Å²) in [6, 6.07) is 0.174. The molecule has 0 radical (unpaired) electrons. The Morgan fingerprint density at radius 3 is 2.40 bits per heavy atom. The van der Waals surface area contributed by atoms with E-state index in [-0.39, 0.29) is 11.6 Å². The molecular weight excluding hydrogens is 128 g/mol. The summed E-state index contributed by atoms with van der Waals surface area (Å²) in [5.74, 6) is 5.26. The van der Waals surface area contributed by atoms with Crippen molar-refractivity contribution in [1.82, 2.24) is 5.43 Å². The molecule has 0 bridgehead atoms. The van der Waals surface area contributed by atoms with Gasteiger partial charge >= 0.3 is 0 Å².